The van der Waals surface area contributed by atoms with Crippen LogP contribution in [-0.4, -0.2) is 42.4 Å². The number of benzene rings is 2. The second kappa shape index (κ2) is 8.39. The van der Waals surface area contributed by atoms with Gasteiger partial charge in [0.05, 0.1) is 19.2 Å². The van der Waals surface area contributed by atoms with Crippen LogP contribution >= 0.6 is 0 Å². The van der Waals surface area contributed by atoms with Gasteiger partial charge < -0.3 is 15.0 Å². The van der Waals surface area contributed by atoms with Crippen LogP contribution in [0.2, 0.25) is 0 Å². The predicted molar refractivity (Wildman–Crippen MR) is 106 cm³/mol. The van der Waals surface area contributed by atoms with Crippen molar-refractivity contribution in [2.75, 3.05) is 23.9 Å². The summed E-state index contributed by atoms with van der Waals surface area (Å²) in [7, 11) is 1.56. The molecule has 7 heteroatoms. The third-order valence-corrected chi connectivity index (χ3v) is 4.41. The molecule has 4 amide bonds. The van der Waals surface area contributed by atoms with E-state index in [9.17, 15) is 14.4 Å². The van der Waals surface area contributed by atoms with Gasteiger partial charge in [-0.15, -0.1) is 6.58 Å². The van der Waals surface area contributed by atoms with Crippen LogP contribution in [0, 0.1) is 0 Å². The van der Waals surface area contributed by atoms with Gasteiger partial charge in [0, 0.05) is 12.2 Å². The number of amides is 4. The Bertz CT molecular complexity index is 880. The normalized spacial score (nSPS) is 16.2. The number of methoxy groups -OCH3 is 1. The fourth-order valence-corrected chi connectivity index (χ4v) is 3.06. The molecule has 0 aromatic heterocycles. The van der Waals surface area contributed by atoms with E-state index >= 15 is 0 Å². The van der Waals surface area contributed by atoms with E-state index in [-0.39, 0.29) is 18.9 Å². The molecule has 1 aliphatic rings. The fourth-order valence-electron chi connectivity index (χ4n) is 3.06. The molecular weight excluding hydrogens is 358 g/mol. The summed E-state index contributed by atoms with van der Waals surface area (Å²) in [5.74, 6) is -0.117. The molecule has 0 bridgehead atoms. The smallest absolute Gasteiger partial charge is 0.332 e. The van der Waals surface area contributed by atoms with Crippen LogP contribution in [0.15, 0.2) is 67.3 Å². The van der Waals surface area contributed by atoms with E-state index in [1.165, 1.54) is 11.0 Å². The average molecular weight is 379 g/mol. The number of ether oxygens (including phenoxy) is 1. The van der Waals surface area contributed by atoms with E-state index in [0.29, 0.717) is 17.1 Å². The number of hydrogen-bond donors (Lipinski definition) is 1. The molecule has 1 fully saturated rings. The minimum atomic E-state index is -0.885. The summed E-state index contributed by atoms with van der Waals surface area (Å²) in [4.78, 5) is 40.6. The van der Waals surface area contributed by atoms with Gasteiger partial charge in [-0.2, -0.15) is 0 Å². The lowest BCUT2D eigenvalue weighted by atomic mass is 10.1. The lowest BCUT2D eigenvalue weighted by Crippen LogP contribution is -2.38. The summed E-state index contributed by atoms with van der Waals surface area (Å²) in [6.45, 7) is 3.82. The van der Waals surface area contributed by atoms with Crippen LogP contribution < -0.4 is 15.0 Å². The highest BCUT2D eigenvalue weighted by atomic mass is 16.5. The Morgan fingerprint density at radius 2 is 1.82 bits per heavy atom. The summed E-state index contributed by atoms with van der Waals surface area (Å²) in [5, 5.41) is 2.74. The predicted octanol–water partition coefficient (Wildman–Crippen LogP) is 3.05. The van der Waals surface area contributed by atoms with E-state index in [0.717, 1.165) is 4.90 Å². The Labute approximate surface area is 163 Å². The first-order valence-corrected chi connectivity index (χ1v) is 8.79. The van der Waals surface area contributed by atoms with Crippen molar-refractivity contribution >= 4 is 29.2 Å². The largest absolute Gasteiger partial charge is 0.497 e. The van der Waals surface area contributed by atoms with Gasteiger partial charge in [0.2, 0.25) is 5.91 Å². The number of hydrogen-bond acceptors (Lipinski definition) is 4. The topological polar surface area (TPSA) is 79.0 Å². The molecule has 0 saturated carbocycles. The molecule has 1 N–H and O–H groups in total. The fraction of sp³-hybridized carbons (Fsp3) is 0.190. The average Bonchev–Trinajstić information content (AvgIpc) is 2.93. The Morgan fingerprint density at radius 1 is 1.14 bits per heavy atom. The Hall–Kier alpha value is -3.61. The standard InChI is InChI=1S/C21H21N3O4/c1-3-13-23-18(14-19(25)22-15-9-11-17(28-2)12-10-15)20(26)24(21(23)27)16-7-5-4-6-8-16/h3-12,18H,1,13-14H2,2H3,(H,22,25)/t18-/m1/s1. The van der Waals surface area contributed by atoms with Crippen molar-refractivity contribution in [3.8, 4) is 5.75 Å². The molecule has 0 radical (unpaired) electrons. The Kier molecular flexibility index (Phi) is 5.74. The summed E-state index contributed by atoms with van der Waals surface area (Å²) in [5.41, 5.74) is 1.06. The number of carbonyl (C=O) groups is 3. The third kappa shape index (κ3) is 3.88. The van der Waals surface area contributed by atoms with E-state index in [4.69, 9.17) is 4.74 Å². The molecule has 0 unspecified atom stereocenters. The lowest BCUT2D eigenvalue weighted by Gasteiger charge is -2.19. The highest BCUT2D eigenvalue weighted by Crippen LogP contribution is 2.27. The number of carbonyl (C=O) groups excluding carboxylic acids is 3. The van der Waals surface area contributed by atoms with Crippen molar-refractivity contribution in [3.05, 3.63) is 67.3 Å². The zero-order valence-corrected chi connectivity index (χ0v) is 15.5. The maximum Gasteiger partial charge on any atom is 0.332 e. The molecule has 3 rings (SSSR count). The molecule has 144 valence electrons. The number of para-hydroxylation sites is 1. The van der Waals surface area contributed by atoms with Gasteiger partial charge in [0.1, 0.15) is 11.8 Å². The van der Waals surface area contributed by atoms with Gasteiger partial charge >= 0.3 is 6.03 Å². The number of rotatable bonds is 7. The van der Waals surface area contributed by atoms with Crippen LogP contribution in [0.4, 0.5) is 16.2 Å². The molecule has 28 heavy (non-hydrogen) atoms. The molecule has 1 heterocycles. The first-order chi connectivity index (χ1) is 13.5. The van der Waals surface area contributed by atoms with E-state index in [1.807, 2.05) is 0 Å². The Morgan fingerprint density at radius 3 is 2.43 bits per heavy atom. The first-order valence-electron chi connectivity index (χ1n) is 8.79. The maximum atomic E-state index is 12.9. The van der Waals surface area contributed by atoms with Crippen molar-refractivity contribution in [3.63, 3.8) is 0 Å². The number of urea groups is 1. The van der Waals surface area contributed by atoms with Gasteiger partial charge in [-0.3, -0.25) is 9.59 Å². The van der Waals surface area contributed by atoms with Crippen molar-refractivity contribution in [1.82, 2.24) is 4.90 Å². The van der Waals surface area contributed by atoms with Crippen LogP contribution in [0.1, 0.15) is 6.42 Å². The summed E-state index contributed by atoms with van der Waals surface area (Å²) >= 11 is 0. The second-order valence-corrected chi connectivity index (χ2v) is 6.23. The first kappa shape index (κ1) is 19.2. The molecule has 2 aromatic rings. The van der Waals surface area contributed by atoms with Gasteiger partial charge in [-0.05, 0) is 36.4 Å². The van der Waals surface area contributed by atoms with Gasteiger partial charge in [-0.25, -0.2) is 9.69 Å². The number of imide groups is 1. The zero-order chi connectivity index (χ0) is 20.1. The Balaban J connectivity index is 1.76. The van der Waals surface area contributed by atoms with Crippen LogP contribution in [-0.2, 0) is 9.59 Å². The van der Waals surface area contributed by atoms with Gasteiger partial charge in [-0.1, -0.05) is 24.3 Å². The summed E-state index contributed by atoms with van der Waals surface area (Å²) in [6.07, 6.45) is 1.39. The maximum absolute atomic E-state index is 12.9. The highest BCUT2D eigenvalue weighted by molar-refractivity contribution is 6.22. The van der Waals surface area contributed by atoms with E-state index in [2.05, 4.69) is 11.9 Å². The third-order valence-electron chi connectivity index (χ3n) is 4.41. The highest BCUT2D eigenvalue weighted by Gasteiger charge is 2.46. The molecule has 1 saturated heterocycles. The second-order valence-electron chi connectivity index (χ2n) is 6.23. The molecule has 7 nitrogen and oxygen atoms in total. The number of nitrogens with zero attached hydrogens (tertiary/aromatic N) is 2. The number of anilines is 2. The minimum absolute atomic E-state index is 0.145. The SMILES string of the molecule is C=CCN1C(=O)N(c2ccccc2)C(=O)[C@H]1CC(=O)Nc1ccc(OC)cc1. The summed E-state index contributed by atoms with van der Waals surface area (Å²) in [6, 6.07) is 14.2. The number of nitrogens with one attached hydrogen (secondary N) is 1. The van der Waals surface area contributed by atoms with Crippen molar-refractivity contribution in [2.24, 2.45) is 0 Å². The molecular formula is C21H21N3O4. The van der Waals surface area contributed by atoms with Crippen LogP contribution in [0.3, 0.4) is 0 Å². The molecule has 0 spiro atoms. The van der Waals surface area contributed by atoms with Crippen LogP contribution in [0.5, 0.6) is 5.75 Å². The summed E-state index contributed by atoms with van der Waals surface area (Å²) < 4.78 is 5.09. The van der Waals surface area contributed by atoms with Crippen molar-refractivity contribution in [2.45, 2.75) is 12.5 Å². The molecule has 2 aromatic carbocycles. The lowest BCUT2D eigenvalue weighted by molar-refractivity contribution is -0.124. The van der Waals surface area contributed by atoms with Crippen molar-refractivity contribution in [1.29, 1.82) is 0 Å². The molecule has 1 atom stereocenters. The quantitative estimate of drug-likeness (QED) is 0.592. The van der Waals surface area contributed by atoms with E-state index < -0.39 is 18.0 Å². The van der Waals surface area contributed by atoms with Gasteiger partial charge in [0.15, 0.2) is 0 Å². The van der Waals surface area contributed by atoms with Gasteiger partial charge in [0.25, 0.3) is 5.91 Å². The minimum Gasteiger partial charge on any atom is -0.497 e. The van der Waals surface area contributed by atoms with Crippen molar-refractivity contribution < 1.29 is 19.1 Å². The molecule has 1 aliphatic heterocycles. The van der Waals surface area contributed by atoms with E-state index in [1.54, 1.807) is 61.7 Å². The monoisotopic (exact) mass is 379 g/mol. The molecule has 0 aliphatic carbocycles. The zero-order valence-electron chi connectivity index (χ0n) is 15.5. The van der Waals surface area contributed by atoms with Crippen LogP contribution in [0.25, 0.3) is 0 Å².